The number of nitro groups is 1. The van der Waals surface area contributed by atoms with E-state index in [0.29, 0.717) is 21.9 Å². The molecule has 0 fully saturated rings. The average molecular weight is 403 g/mol. The quantitative estimate of drug-likeness (QED) is 0.334. The summed E-state index contributed by atoms with van der Waals surface area (Å²) >= 11 is 0. The Balaban J connectivity index is 2.04. The Hall–Kier alpha value is -3.51. The largest absolute Gasteiger partial charge is 0.277 e. The fourth-order valence-electron chi connectivity index (χ4n) is 3.59. The first-order valence-corrected chi connectivity index (χ1v) is 10.5. The third-order valence-electron chi connectivity index (χ3n) is 4.90. The highest BCUT2D eigenvalue weighted by molar-refractivity contribution is 7.92. The normalized spacial score (nSPS) is 12.6. The summed E-state index contributed by atoms with van der Waals surface area (Å²) in [5, 5.41) is 11.4. The van der Waals surface area contributed by atoms with Crippen LogP contribution in [0.5, 0.6) is 0 Å². The van der Waals surface area contributed by atoms with Crippen molar-refractivity contribution in [3.05, 3.63) is 118 Å². The van der Waals surface area contributed by atoms with Gasteiger partial charge in [-0.15, -0.1) is 0 Å². The van der Waals surface area contributed by atoms with Gasteiger partial charge in [0.05, 0.1) is 15.2 Å². The summed E-state index contributed by atoms with van der Waals surface area (Å²) in [4.78, 5) is 11.2. The third-order valence-corrected chi connectivity index (χ3v) is 6.97. The van der Waals surface area contributed by atoms with Crippen LogP contribution in [0.2, 0.25) is 0 Å². The zero-order chi connectivity index (χ0) is 20.4. The number of nitro benzene ring substituents is 1. The molecule has 0 aliphatic carbocycles. The number of fused-ring (bicyclic) bond motifs is 1. The van der Waals surface area contributed by atoms with Gasteiger partial charge in [0.15, 0.2) is 9.84 Å². The molecule has 4 aromatic carbocycles. The molecular formula is C23H17NO4S. The topological polar surface area (TPSA) is 77.3 Å². The van der Waals surface area contributed by atoms with Crippen LogP contribution in [-0.4, -0.2) is 13.3 Å². The average Bonchev–Trinajstić information content (AvgIpc) is 2.75. The summed E-state index contributed by atoms with van der Waals surface area (Å²) in [5.74, 6) is 0. The lowest BCUT2D eigenvalue weighted by Gasteiger charge is -2.21. The lowest BCUT2D eigenvalue weighted by molar-refractivity contribution is -0.383. The van der Waals surface area contributed by atoms with E-state index >= 15 is 0 Å². The monoisotopic (exact) mass is 403 g/mol. The first-order chi connectivity index (χ1) is 14.0. The minimum absolute atomic E-state index is 0.0479. The van der Waals surface area contributed by atoms with Crippen LogP contribution in [0.1, 0.15) is 16.4 Å². The molecule has 6 heteroatoms. The molecule has 0 saturated heterocycles. The molecule has 4 rings (SSSR count). The molecular weight excluding hydrogens is 386 g/mol. The van der Waals surface area contributed by atoms with E-state index in [2.05, 4.69) is 0 Å². The molecule has 1 unspecified atom stereocenters. The zero-order valence-corrected chi connectivity index (χ0v) is 16.1. The van der Waals surface area contributed by atoms with E-state index in [1.165, 1.54) is 6.07 Å². The summed E-state index contributed by atoms with van der Waals surface area (Å²) in [6.07, 6.45) is 0. The lowest BCUT2D eigenvalue weighted by Crippen LogP contribution is -2.16. The molecule has 4 aromatic rings. The van der Waals surface area contributed by atoms with Gasteiger partial charge in [0.25, 0.3) is 5.69 Å². The standard InChI is InChI=1S/C23H17NO4S/c25-24(26)22-16-15-21(19-13-7-8-14-20(19)22)23(17-9-3-1-4-10-17)29(27,28)18-11-5-2-6-12-18/h1-16,23H. The van der Waals surface area contributed by atoms with Crippen molar-refractivity contribution in [1.82, 2.24) is 0 Å². The maximum atomic E-state index is 13.7. The van der Waals surface area contributed by atoms with E-state index < -0.39 is 20.0 Å². The molecule has 0 aliphatic heterocycles. The van der Waals surface area contributed by atoms with Crippen LogP contribution in [-0.2, 0) is 9.84 Å². The van der Waals surface area contributed by atoms with Crippen LogP contribution in [0.25, 0.3) is 10.8 Å². The predicted molar refractivity (Wildman–Crippen MR) is 113 cm³/mol. The molecule has 0 N–H and O–H groups in total. The Morgan fingerprint density at radius 3 is 1.86 bits per heavy atom. The summed E-state index contributed by atoms with van der Waals surface area (Å²) in [7, 11) is -3.80. The first kappa shape index (κ1) is 18.8. The minimum atomic E-state index is -3.80. The summed E-state index contributed by atoms with van der Waals surface area (Å²) < 4.78 is 27.3. The van der Waals surface area contributed by atoms with Gasteiger partial charge in [-0.1, -0.05) is 66.7 Å². The molecule has 144 valence electrons. The van der Waals surface area contributed by atoms with Gasteiger partial charge in [-0.25, -0.2) is 8.42 Å². The van der Waals surface area contributed by atoms with Crippen molar-refractivity contribution in [3.8, 4) is 0 Å². The second-order valence-corrected chi connectivity index (χ2v) is 8.66. The number of non-ortho nitro benzene ring substituents is 1. The van der Waals surface area contributed by atoms with Crippen molar-refractivity contribution in [2.45, 2.75) is 10.1 Å². The van der Waals surface area contributed by atoms with E-state index in [9.17, 15) is 18.5 Å². The van der Waals surface area contributed by atoms with E-state index in [4.69, 9.17) is 0 Å². The molecule has 0 aromatic heterocycles. The predicted octanol–water partition coefficient (Wildman–Crippen LogP) is 5.31. The van der Waals surface area contributed by atoms with Gasteiger partial charge >= 0.3 is 0 Å². The Morgan fingerprint density at radius 2 is 1.24 bits per heavy atom. The molecule has 0 radical (unpaired) electrons. The van der Waals surface area contributed by atoms with Crippen LogP contribution in [0, 0.1) is 10.1 Å². The highest BCUT2D eigenvalue weighted by Gasteiger charge is 2.32. The second kappa shape index (κ2) is 7.48. The number of nitrogens with zero attached hydrogens (tertiary/aromatic N) is 1. The molecule has 0 amide bonds. The van der Waals surface area contributed by atoms with Crippen molar-refractivity contribution >= 4 is 26.3 Å². The van der Waals surface area contributed by atoms with Crippen LogP contribution in [0.4, 0.5) is 5.69 Å². The Morgan fingerprint density at radius 1 is 0.690 bits per heavy atom. The Kier molecular flexibility index (Phi) is 4.86. The van der Waals surface area contributed by atoms with Gasteiger partial charge in [0.2, 0.25) is 0 Å². The number of sulfone groups is 1. The summed E-state index contributed by atoms with van der Waals surface area (Å²) in [6, 6.07) is 27.0. The van der Waals surface area contributed by atoms with Gasteiger partial charge < -0.3 is 0 Å². The highest BCUT2D eigenvalue weighted by Crippen LogP contribution is 2.40. The summed E-state index contributed by atoms with van der Waals surface area (Å²) in [5.41, 5.74) is 1.07. The minimum Gasteiger partial charge on any atom is -0.258 e. The van der Waals surface area contributed by atoms with Crippen LogP contribution in [0.3, 0.4) is 0 Å². The number of hydrogen-bond acceptors (Lipinski definition) is 4. The maximum absolute atomic E-state index is 13.7. The fourth-order valence-corrected chi connectivity index (χ4v) is 5.46. The van der Waals surface area contributed by atoms with Crippen LogP contribution >= 0.6 is 0 Å². The molecule has 29 heavy (non-hydrogen) atoms. The number of hydrogen-bond donors (Lipinski definition) is 0. The molecule has 0 spiro atoms. The second-order valence-electron chi connectivity index (χ2n) is 6.63. The molecule has 1 atom stereocenters. The van der Waals surface area contributed by atoms with Gasteiger partial charge in [0, 0.05) is 6.07 Å². The Labute approximate surface area is 168 Å². The van der Waals surface area contributed by atoms with E-state index in [1.807, 2.05) is 6.07 Å². The van der Waals surface area contributed by atoms with Gasteiger partial charge in [-0.3, -0.25) is 10.1 Å². The van der Waals surface area contributed by atoms with Crippen molar-refractivity contribution in [2.75, 3.05) is 0 Å². The lowest BCUT2D eigenvalue weighted by atomic mass is 9.97. The number of benzene rings is 4. The highest BCUT2D eigenvalue weighted by atomic mass is 32.2. The van der Waals surface area contributed by atoms with Crippen molar-refractivity contribution in [3.63, 3.8) is 0 Å². The van der Waals surface area contributed by atoms with Gasteiger partial charge in [0.1, 0.15) is 5.25 Å². The van der Waals surface area contributed by atoms with Gasteiger partial charge in [-0.2, -0.15) is 0 Å². The van der Waals surface area contributed by atoms with E-state index in [1.54, 1.807) is 84.9 Å². The molecule has 0 bridgehead atoms. The molecule has 0 saturated carbocycles. The number of rotatable bonds is 5. The maximum Gasteiger partial charge on any atom is 0.277 e. The van der Waals surface area contributed by atoms with Crippen LogP contribution < -0.4 is 0 Å². The smallest absolute Gasteiger partial charge is 0.258 e. The van der Waals surface area contributed by atoms with Crippen LogP contribution in [0.15, 0.2) is 102 Å². The molecule has 0 aliphatic rings. The fraction of sp³-hybridized carbons (Fsp3) is 0.0435. The van der Waals surface area contributed by atoms with E-state index in [0.717, 1.165) is 0 Å². The zero-order valence-electron chi connectivity index (χ0n) is 15.3. The molecule has 0 heterocycles. The summed E-state index contributed by atoms with van der Waals surface area (Å²) in [6.45, 7) is 0. The Bertz CT molecular complexity index is 1290. The van der Waals surface area contributed by atoms with Crippen molar-refractivity contribution in [2.24, 2.45) is 0 Å². The van der Waals surface area contributed by atoms with Crippen molar-refractivity contribution in [1.29, 1.82) is 0 Å². The first-order valence-electron chi connectivity index (χ1n) is 9.00. The third kappa shape index (κ3) is 3.39. The van der Waals surface area contributed by atoms with Crippen molar-refractivity contribution < 1.29 is 13.3 Å². The van der Waals surface area contributed by atoms with Gasteiger partial charge in [-0.05, 0) is 40.8 Å². The SMILES string of the molecule is O=[N+]([O-])c1ccc(C(c2ccccc2)S(=O)(=O)c2ccccc2)c2ccccc12. The van der Waals surface area contributed by atoms with E-state index in [-0.39, 0.29) is 10.6 Å². The molecule has 5 nitrogen and oxygen atoms in total.